The van der Waals surface area contributed by atoms with Crippen LogP contribution in [0.5, 0.6) is 0 Å². The third kappa shape index (κ3) is 5.82. The van der Waals surface area contributed by atoms with Crippen LogP contribution in [0.2, 0.25) is 0 Å². The van der Waals surface area contributed by atoms with Crippen molar-refractivity contribution in [2.75, 3.05) is 17.7 Å². The lowest BCUT2D eigenvalue weighted by Crippen LogP contribution is -2.36. The van der Waals surface area contributed by atoms with Gasteiger partial charge in [0.1, 0.15) is 0 Å². The lowest BCUT2D eigenvalue weighted by molar-refractivity contribution is -0.121. The highest BCUT2D eigenvalue weighted by atomic mass is 32.2. The number of hydrogen-bond donors (Lipinski definition) is 2. The minimum Gasteiger partial charge on any atom is -0.399 e. The quantitative estimate of drug-likeness (QED) is 0.758. The van der Waals surface area contributed by atoms with Gasteiger partial charge in [0.05, 0.1) is 0 Å². The van der Waals surface area contributed by atoms with Crippen molar-refractivity contribution in [2.24, 2.45) is 0 Å². The van der Waals surface area contributed by atoms with Crippen molar-refractivity contribution in [3.05, 3.63) is 29.8 Å². The maximum atomic E-state index is 11.7. The first-order valence-corrected chi connectivity index (χ1v) is 7.64. The van der Waals surface area contributed by atoms with Gasteiger partial charge >= 0.3 is 0 Å². The summed E-state index contributed by atoms with van der Waals surface area (Å²) in [5.74, 6) is 0.472. The number of anilines is 1. The molecule has 100 valence electrons. The van der Waals surface area contributed by atoms with E-state index in [1.165, 1.54) is 0 Å². The molecule has 0 saturated heterocycles. The molecule has 0 aliphatic rings. The molecule has 18 heavy (non-hydrogen) atoms. The van der Waals surface area contributed by atoms with Gasteiger partial charge in [-0.3, -0.25) is 9.00 Å². The zero-order valence-corrected chi connectivity index (χ0v) is 11.6. The fourth-order valence-electron chi connectivity index (χ4n) is 1.75. The molecular formula is C13H20N2O2S. The van der Waals surface area contributed by atoms with Crippen molar-refractivity contribution < 1.29 is 9.00 Å². The lowest BCUT2D eigenvalue weighted by atomic mass is 10.1. The Morgan fingerprint density at radius 3 is 2.83 bits per heavy atom. The van der Waals surface area contributed by atoms with E-state index in [-0.39, 0.29) is 11.9 Å². The molecule has 0 aliphatic carbocycles. The predicted molar refractivity (Wildman–Crippen MR) is 75.7 cm³/mol. The molecule has 0 saturated carbocycles. The molecule has 0 bridgehead atoms. The SMILES string of the molecule is CC(CS(C)=O)NC(=O)CCc1cccc(N)c1. The van der Waals surface area contributed by atoms with Gasteiger partial charge in [-0.05, 0) is 31.0 Å². The summed E-state index contributed by atoms with van der Waals surface area (Å²) in [5.41, 5.74) is 7.43. The third-order valence-corrected chi connectivity index (χ3v) is 3.45. The Kier molecular flexibility index (Phi) is 5.85. The van der Waals surface area contributed by atoms with Crippen LogP contribution in [0.3, 0.4) is 0 Å². The molecule has 0 spiro atoms. The van der Waals surface area contributed by atoms with Gasteiger partial charge in [-0.1, -0.05) is 12.1 Å². The fourth-order valence-corrected chi connectivity index (χ4v) is 2.53. The first-order valence-electron chi connectivity index (χ1n) is 5.91. The number of carbonyl (C=O) groups excluding carboxylic acids is 1. The second-order valence-corrected chi connectivity index (χ2v) is 5.93. The Bertz CT molecular complexity index is 435. The number of hydrogen-bond acceptors (Lipinski definition) is 3. The van der Waals surface area contributed by atoms with Crippen molar-refractivity contribution in [1.29, 1.82) is 0 Å². The molecule has 1 aromatic rings. The van der Waals surface area contributed by atoms with E-state index in [1.807, 2.05) is 31.2 Å². The summed E-state index contributed by atoms with van der Waals surface area (Å²) in [5, 5.41) is 2.83. The van der Waals surface area contributed by atoms with Crippen LogP contribution >= 0.6 is 0 Å². The van der Waals surface area contributed by atoms with E-state index in [4.69, 9.17) is 5.73 Å². The molecule has 3 N–H and O–H groups in total. The predicted octanol–water partition coefficient (Wildman–Crippen LogP) is 1.08. The molecular weight excluding hydrogens is 248 g/mol. The fraction of sp³-hybridized carbons (Fsp3) is 0.462. The summed E-state index contributed by atoms with van der Waals surface area (Å²) in [6.45, 7) is 1.86. The van der Waals surface area contributed by atoms with Crippen molar-refractivity contribution in [2.45, 2.75) is 25.8 Å². The zero-order valence-electron chi connectivity index (χ0n) is 10.8. The molecule has 1 amide bonds. The lowest BCUT2D eigenvalue weighted by Gasteiger charge is -2.12. The van der Waals surface area contributed by atoms with Crippen molar-refractivity contribution in [1.82, 2.24) is 5.32 Å². The van der Waals surface area contributed by atoms with Crippen LogP contribution < -0.4 is 11.1 Å². The summed E-state index contributed by atoms with van der Waals surface area (Å²) in [7, 11) is -0.886. The van der Waals surface area contributed by atoms with Gasteiger partial charge in [0.15, 0.2) is 0 Å². The zero-order chi connectivity index (χ0) is 13.5. The maximum Gasteiger partial charge on any atom is 0.220 e. The number of carbonyl (C=O) groups is 1. The molecule has 1 aromatic carbocycles. The van der Waals surface area contributed by atoms with Crippen LogP contribution in [0.25, 0.3) is 0 Å². The van der Waals surface area contributed by atoms with Crippen LogP contribution in [-0.4, -0.2) is 28.2 Å². The van der Waals surface area contributed by atoms with Crippen LogP contribution in [0, 0.1) is 0 Å². The molecule has 2 atom stereocenters. The first kappa shape index (κ1) is 14.7. The van der Waals surface area contributed by atoms with E-state index in [1.54, 1.807) is 6.26 Å². The summed E-state index contributed by atoms with van der Waals surface area (Å²) >= 11 is 0. The Labute approximate surface area is 110 Å². The van der Waals surface area contributed by atoms with Crippen LogP contribution in [0.1, 0.15) is 18.9 Å². The van der Waals surface area contributed by atoms with Crippen molar-refractivity contribution in [3.8, 4) is 0 Å². The first-order chi connectivity index (χ1) is 8.47. The van der Waals surface area contributed by atoms with Gasteiger partial charge in [-0.15, -0.1) is 0 Å². The summed E-state index contributed by atoms with van der Waals surface area (Å²) < 4.78 is 11.0. The number of nitrogens with one attached hydrogen (secondary N) is 1. The summed E-state index contributed by atoms with van der Waals surface area (Å²) in [6, 6.07) is 7.48. The number of benzene rings is 1. The average Bonchev–Trinajstić information content (AvgIpc) is 2.25. The van der Waals surface area contributed by atoms with Gasteiger partial charge in [0.25, 0.3) is 0 Å². The molecule has 1 rings (SSSR count). The Morgan fingerprint density at radius 2 is 2.22 bits per heavy atom. The Hall–Kier alpha value is -1.36. The van der Waals surface area contributed by atoms with Crippen LogP contribution in [-0.2, 0) is 22.0 Å². The van der Waals surface area contributed by atoms with Gasteiger partial charge in [0.2, 0.25) is 5.91 Å². The normalized spacial score (nSPS) is 13.9. The number of nitrogen functional groups attached to an aromatic ring is 1. The highest BCUT2D eigenvalue weighted by molar-refractivity contribution is 7.84. The average molecular weight is 268 g/mol. The van der Waals surface area contributed by atoms with Gasteiger partial charge < -0.3 is 11.1 Å². The number of rotatable bonds is 6. The summed E-state index contributed by atoms with van der Waals surface area (Å²) in [6.07, 6.45) is 2.72. The Morgan fingerprint density at radius 1 is 1.50 bits per heavy atom. The maximum absolute atomic E-state index is 11.7. The van der Waals surface area contributed by atoms with E-state index in [0.29, 0.717) is 24.3 Å². The van der Waals surface area contributed by atoms with Crippen LogP contribution in [0.4, 0.5) is 5.69 Å². The van der Waals surface area contributed by atoms with Crippen molar-refractivity contribution in [3.63, 3.8) is 0 Å². The molecule has 0 radical (unpaired) electrons. The second kappa shape index (κ2) is 7.16. The second-order valence-electron chi connectivity index (χ2n) is 4.45. The van der Waals surface area contributed by atoms with E-state index in [0.717, 1.165) is 5.56 Å². The van der Waals surface area contributed by atoms with E-state index in [2.05, 4.69) is 5.32 Å². The summed E-state index contributed by atoms with van der Waals surface area (Å²) in [4.78, 5) is 11.7. The highest BCUT2D eigenvalue weighted by Gasteiger charge is 2.08. The van der Waals surface area contributed by atoms with Crippen LogP contribution in [0.15, 0.2) is 24.3 Å². The van der Waals surface area contributed by atoms with E-state index < -0.39 is 10.8 Å². The number of aryl methyl sites for hydroxylation is 1. The standard InChI is InChI=1S/C13H20N2O2S/c1-10(9-18(2)17)15-13(16)7-6-11-4-3-5-12(14)8-11/h3-5,8,10H,6-7,9,14H2,1-2H3,(H,15,16). The third-order valence-electron chi connectivity index (χ3n) is 2.48. The minimum absolute atomic E-state index is 0.0182. The Balaban J connectivity index is 2.35. The molecule has 0 aromatic heterocycles. The van der Waals surface area contributed by atoms with E-state index >= 15 is 0 Å². The molecule has 5 heteroatoms. The van der Waals surface area contributed by atoms with Gasteiger partial charge in [-0.25, -0.2) is 0 Å². The molecule has 0 heterocycles. The van der Waals surface area contributed by atoms with E-state index in [9.17, 15) is 9.00 Å². The molecule has 0 fully saturated rings. The number of amides is 1. The van der Waals surface area contributed by atoms with Gasteiger partial charge in [0, 0.05) is 41.0 Å². The monoisotopic (exact) mass is 268 g/mol. The topological polar surface area (TPSA) is 72.2 Å². The molecule has 4 nitrogen and oxygen atoms in total. The van der Waals surface area contributed by atoms with Gasteiger partial charge in [-0.2, -0.15) is 0 Å². The van der Waals surface area contributed by atoms with Crippen molar-refractivity contribution >= 4 is 22.4 Å². The minimum atomic E-state index is -0.886. The number of nitrogens with two attached hydrogens (primary N) is 1. The molecule has 0 aliphatic heterocycles. The highest BCUT2D eigenvalue weighted by Crippen LogP contribution is 2.08. The smallest absolute Gasteiger partial charge is 0.220 e. The largest absolute Gasteiger partial charge is 0.399 e. The molecule has 2 unspecified atom stereocenters.